The molecule has 0 aliphatic carbocycles. The number of hydrogen-bond donors (Lipinski definition) is 0. The van der Waals surface area contributed by atoms with E-state index < -0.39 is 18.4 Å². The van der Waals surface area contributed by atoms with E-state index in [1.807, 2.05) is 3.59 Å². The van der Waals surface area contributed by atoms with Crippen molar-refractivity contribution in [2.75, 3.05) is 0 Å². The Hall–Kier alpha value is -0.571. The number of nitrogens with zero attached hydrogens (tertiary/aromatic N) is 1. The molecule has 0 spiro atoms. The van der Waals surface area contributed by atoms with Gasteiger partial charge in [-0.2, -0.15) is 0 Å². The van der Waals surface area contributed by atoms with Crippen molar-refractivity contribution in [1.82, 2.24) is 0 Å². The van der Waals surface area contributed by atoms with Gasteiger partial charge in [-0.25, -0.2) is 0 Å². The van der Waals surface area contributed by atoms with Gasteiger partial charge in [0.05, 0.1) is 0 Å². The van der Waals surface area contributed by atoms with Crippen LogP contribution >= 0.6 is 0 Å². The number of aliphatic imine (C=N–C) groups is 1. The molecule has 2 rings (SSSR count). The summed E-state index contributed by atoms with van der Waals surface area (Å²) in [5.74, 6) is 0. The Labute approximate surface area is 179 Å². The molecule has 0 aromatic heterocycles. The molecule has 2 heteroatoms. The van der Waals surface area contributed by atoms with Gasteiger partial charge in [-0.15, -0.1) is 0 Å². The number of dihydropyridines is 1. The van der Waals surface area contributed by atoms with Crippen LogP contribution in [0.2, 0.25) is 13.3 Å². The predicted molar refractivity (Wildman–Crippen MR) is 129 cm³/mol. The van der Waals surface area contributed by atoms with E-state index in [0.29, 0.717) is 6.04 Å². The monoisotopic (exact) mass is 489 g/mol. The first-order valence-electron chi connectivity index (χ1n) is 11.8. The maximum absolute atomic E-state index is 5.38. The van der Waals surface area contributed by atoms with E-state index >= 15 is 0 Å². The molecular formula is C26H43NSn. The van der Waals surface area contributed by atoms with Crippen molar-refractivity contribution < 1.29 is 0 Å². The van der Waals surface area contributed by atoms with E-state index in [2.05, 4.69) is 78.0 Å². The summed E-state index contributed by atoms with van der Waals surface area (Å²) < 4.78 is 6.45. The van der Waals surface area contributed by atoms with Gasteiger partial charge in [-0.3, -0.25) is 0 Å². The summed E-state index contributed by atoms with van der Waals surface area (Å²) in [6.45, 7) is 14.3. The minimum atomic E-state index is -2.42. The fraction of sp³-hybridized carbons (Fsp3) is 0.654. The van der Waals surface area contributed by atoms with Gasteiger partial charge in [-0.05, 0) is 0 Å². The van der Waals surface area contributed by atoms with Crippen LogP contribution in [0.4, 0.5) is 0 Å². The van der Waals surface area contributed by atoms with Gasteiger partial charge in [0.1, 0.15) is 0 Å². The van der Waals surface area contributed by atoms with Crippen LogP contribution in [0, 0.1) is 5.41 Å². The second kappa shape index (κ2) is 11.0. The van der Waals surface area contributed by atoms with E-state index in [9.17, 15) is 0 Å². The molecule has 1 heterocycles. The molecule has 1 aromatic rings. The van der Waals surface area contributed by atoms with Crippen LogP contribution in [0.3, 0.4) is 0 Å². The fourth-order valence-electron chi connectivity index (χ4n) is 5.00. The number of unbranched alkanes of at least 4 members (excludes halogenated alkanes) is 3. The number of benzene rings is 1. The summed E-state index contributed by atoms with van der Waals surface area (Å²) in [6, 6.07) is 11.2. The summed E-state index contributed by atoms with van der Waals surface area (Å²) >= 11 is -2.42. The molecule has 1 aliphatic heterocycles. The maximum atomic E-state index is 5.38. The van der Waals surface area contributed by atoms with Crippen molar-refractivity contribution in [2.24, 2.45) is 10.4 Å². The van der Waals surface area contributed by atoms with Crippen LogP contribution < -0.4 is 0 Å². The van der Waals surface area contributed by atoms with Gasteiger partial charge in [0.25, 0.3) is 0 Å². The Morgan fingerprint density at radius 3 is 1.82 bits per heavy atom. The number of rotatable bonds is 11. The van der Waals surface area contributed by atoms with E-state index in [1.165, 1.54) is 63.1 Å². The quantitative estimate of drug-likeness (QED) is 0.278. The molecule has 0 N–H and O–H groups in total. The molecule has 0 saturated heterocycles. The van der Waals surface area contributed by atoms with Crippen LogP contribution in [0.15, 0.2) is 45.0 Å². The average molecular weight is 488 g/mol. The number of allylic oxidation sites excluding steroid dienone is 1. The Kier molecular flexibility index (Phi) is 9.31. The van der Waals surface area contributed by atoms with E-state index in [0.717, 1.165) is 0 Å². The molecule has 1 atom stereocenters. The fourth-order valence-corrected chi connectivity index (χ4v) is 23.1. The topological polar surface area (TPSA) is 12.4 Å². The summed E-state index contributed by atoms with van der Waals surface area (Å²) in [4.78, 5) is 5.38. The normalized spacial score (nSPS) is 19.3. The Balaban J connectivity index is 2.46. The molecule has 0 saturated carbocycles. The molecule has 0 radical (unpaired) electrons. The zero-order valence-electron chi connectivity index (χ0n) is 19.4. The predicted octanol–water partition coefficient (Wildman–Crippen LogP) is 8.22. The van der Waals surface area contributed by atoms with Gasteiger partial charge in [-0.1, -0.05) is 0 Å². The summed E-state index contributed by atoms with van der Waals surface area (Å²) in [5.41, 5.74) is 2.62. The van der Waals surface area contributed by atoms with Crippen LogP contribution in [0.25, 0.3) is 0 Å². The van der Waals surface area contributed by atoms with Crippen molar-refractivity contribution in [1.29, 1.82) is 0 Å². The van der Waals surface area contributed by atoms with Gasteiger partial charge >= 0.3 is 179 Å². The molecule has 1 nitrogen and oxygen atoms in total. The van der Waals surface area contributed by atoms with Crippen molar-refractivity contribution >= 4 is 24.1 Å². The van der Waals surface area contributed by atoms with Crippen molar-refractivity contribution in [3.8, 4) is 0 Å². The van der Waals surface area contributed by atoms with E-state index in [1.54, 1.807) is 0 Å². The van der Waals surface area contributed by atoms with Gasteiger partial charge in [0.15, 0.2) is 0 Å². The second-order valence-electron chi connectivity index (χ2n) is 9.43. The van der Waals surface area contributed by atoms with Crippen LogP contribution in [-0.4, -0.2) is 30.1 Å². The third-order valence-corrected chi connectivity index (χ3v) is 22.9. The molecule has 1 aliphatic rings. The first-order chi connectivity index (χ1) is 13.4. The van der Waals surface area contributed by atoms with Gasteiger partial charge < -0.3 is 0 Å². The molecule has 0 fully saturated rings. The standard InChI is InChI=1S/C14H16N.3C4H9.Sn/c1-11-9-10-14(2,3)13(15-11)12-7-5-4-6-8-12;3*1-3-4-2;/h4-8,10-11H,1-3H3;3*1,3-4H2,2H3;. The zero-order valence-corrected chi connectivity index (χ0v) is 22.2. The van der Waals surface area contributed by atoms with Crippen molar-refractivity contribution in [3.63, 3.8) is 0 Å². The number of hydrogen-bond acceptors (Lipinski definition) is 1. The summed E-state index contributed by atoms with van der Waals surface area (Å²) in [6.07, 6.45) is 11.0. The Morgan fingerprint density at radius 2 is 1.36 bits per heavy atom. The first kappa shape index (κ1) is 23.7. The molecular weight excluding hydrogens is 445 g/mol. The first-order valence-corrected chi connectivity index (χ1v) is 19.2. The second-order valence-corrected chi connectivity index (χ2v) is 22.7. The molecule has 1 aromatic carbocycles. The van der Waals surface area contributed by atoms with Crippen LogP contribution in [0.1, 0.15) is 85.6 Å². The Bertz CT molecular complexity index is 634. The van der Waals surface area contributed by atoms with E-state index in [-0.39, 0.29) is 5.41 Å². The van der Waals surface area contributed by atoms with Crippen molar-refractivity contribution in [3.05, 3.63) is 45.6 Å². The molecule has 1 unspecified atom stereocenters. The SMILES string of the molecule is CCC[CH2][Sn]([CH2]CCC)([CH2]CCC)[C]1=CC(C)(C)C(c2ccccc2)=NC1C. The van der Waals surface area contributed by atoms with E-state index in [4.69, 9.17) is 4.99 Å². The molecule has 28 heavy (non-hydrogen) atoms. The Morgan fingerprint density at radius 1 is 0.857 bits per heavy atom. The van der Waals surface area contributed by atoms with Gasteiger partial charge in [0, 0.05) is 0 Å². The molecule has 156 valence electrons. The minimum absolute atomic E-state index is 0.0377. The zero-order chi connectivity index (χ0) is 20.6. The summed E-state index contributed by atoms with van der Waals surface area (Å²) in [7, 11) is 0. The summed E-state index contributed by atoms with van der Waals surface area (Å²) in [5, 5.41) is 0. The third kappa shape index (κ3) is 5.74. The average Bonchev–Trinajstić information content (AvgIpc) is 2.70. The van der Waals surface area contributed by atoms with Crippen molar-refractivity contribution in [2.45, 2.75) is 99.4 Å². The van der Waals surface area contributed by atoms with Crippen LogP contribution in [-0.2, 0) is 0 Å². The van der Waals surface area contributed by atoms with Crippen LogP contribution in [0.5, 0.6) is 0 Å². The third-order valence-electron chi connectivity index (χ3n) is 6.59. The molecule has 0 amide bonds. The molecule has 0 bridgehead atoms. The van der Waals surface area contributed by atoms with Gasteiger partial charge in [0.2, 0.25) is 0 Å².